The van der Waals surface area contributed by atoms with E-state index in [1.807, 2.05) is 31.2 Å². The lowest BCUT2D eigenvalue weighted by Gasteiger charge is -2.34. The molecule has 0 aliphatic carbocycles. The summed E-state index contributed by atoms with van der Waals surface area (Å²) in [6, 6.07) is 14.8. The van der Waals surface area contributed by atoms with Crippen molar-refractivity contribution in [1.82, 2.24) is 0 Å². The van der Waals surface area contributed by atoms with E-state index in [4.69, 9.17) is 0 Å². The molecule has 2 aromatic carbocycles. The molecule has 1 aliphatic rings. The van der Waals surface area contributed by atoms with Crippen molar-refractivity contribution in [2.24, 2.45) is 0 Å². The Morgan fingerprint density at radius 1 is 1.10 bits per heavy atom. The zero-order chi connectivity index (χ0) is 15.1. The van der Waals surface area contributed by atoms with Gasteiger partial charge in [-0.2, -0.15) is 0 Å². The molecule has 0 spiro atoms. The zero-order valence-electron chi connectivity index (χ0n) is 11.9. The van der Waals surface area contributed by atoms with Gasteiger partial charge < -0.3 is 5.11 Å². The predicted octanol–water partition coefficient (Wildman–Crippen LogP) is 2.60. The molecule has 0 radical (unpaired) electrons. The summed E-state index contributed by atoms with van der Waals surface area (Å²) in [5, 5.41) is 11.0. The number of aryl methyl sites for hydroxylation is 1. The van der Waals surface area contributed by atoms with Crippen LogP contribution in [0.5, 0.6) is 0 Å². The van der Waals surface area contributed by atoms with Crippen LogP contribution in [0, 0.1) is 6.92 Å². The van der Waals surface area contributed by atoms with Crippen LogP contribution in [0.25, 0.3) is 0 Å². The van der Waals surface area contributed by atoms with Crippen molar-refractivity contribution in [1.29, 1.82) is 0 Å². The fraction of sp³-hybridized carbons (Fsp3) is 0.294. The Morgan fingerprint density at radius 2 is 1.76 bits per heavy atom. The minimum absolute atomic E-state index is 0.00756. The SMILES string of the molecule is Cc1ccc(CC2(O)CCS(=O)(=O)c3ccccc32)cc1. The zero-order valence-corrected chi connectivity index (χ0v) is 12.7. The van der Waals surface area contributed by atoms with E-state index in [1.165, 1.54) is 0 Å². The Kier molecular flexibility index (Phi) is 3.38. The predicted molar refractivity (Wildman–Crippen MR) is 81.9 cm³/mol. The van der Waals surface area contributed by atoms with Gasteiger partial charge in [0.15, 0.2) is 9.84 Å². The second kappa shape index (κ2) is 4.97. The molecular formula is C17H18O3S. The Bertz CT molecular complexity index is 763. The van der Waals surface area contributed by atoms with Crippen LogP contribution in [0.2, 0.25) is 0 Å². The summed E-state index contributed by atoms with van der Waals surface area (Å²) >= 11 is 0. The molecule has 3 nitrogen and oxygen atoms in total. The van der Waals surface area contributed by atoms with Crippen molar-refractivity contribution in [3.05, 3.63) is 65.2 Å². The molecule has 0 amide bonds. The first-order valence-electron chi connectivity index (χ1n) is 7.01. The van der Waals surface area contributed by atoms with Crippen LogP contribution in [-0.4, -0.2) is 19.3 Å². The lowest BCUT2D eigenvalue weighted by molar-refractivity contribution is 0.0283. The lowest BCUT2D eigenvalue weighted by Crippen LogP contribution is -2.37. The van der Waals surface area contributed by atoms with Crippen molar-refractivity contribution in [2.75, 3.05) is 5.75 Å². The highest BCUT2D eigenvalue weighted by Crippen LogP contribution is 2.39. The molecule has 0 bridgehead atoms. The maximum atomic E-state index is 12.1. The molecule has 0 aromatic heterocycles. The molecule has 0 fully saturated rings. The molecule has 1 atom stereocenters. The third-order valence-corrected chi connectivity index (χ3v) is 5.89. The van der Waals surface area contributed by atoms with E-state index in [2.05, 4.69) is 0 Å². The standard InChI is InChI=1S/C17H18O3S/c1-13-6-8-14(9-7-13)12-17(18)10-11-21(19,20)16-5-3-2-4-15(16)17/h2-9,18H,10-12H2,1H3. The first-order chi connectivity index (χ1) is 9.91. The summed E-state index contributed by atoms with van der Waals surface area (Å²) in [6.45, 7) is 2.01. The van der Waals surface area contributed by atoms with Crippen LogP contribution in [0.15, 0.2) is 53.4 Å². The number of fused-ring (bicyclic) bond motifs is 1. The third-order valence-electron chi connectivity index (χ3n) is 4.13. The molecule has 21 heavy (non-hydrogen) atoms. The largest absolute Gasteiger partial charge is 0.385 e. The van der Waals surface area contributed by atoms with E-state index in [1.54, 1.807) is 24.3 Å². The first kappa shape index (κ1) is 14.3. The molecular weight excluding hydrogens is 284 g/mol. The second-order valence-electron chi connectivity index (χ2n) is 5.76. The highest BCUT2D eigenvalue weighted by molar-refractivity contribution is 7.91. The molecule has 1 unspecified atom stereocenters. The Hall–Kier alpha value is -1.65. The fourth-order valence-electron chi connectivity index (χ4n) is 2.90. The highest BCUT2D eigenvalue weighted by atomic mass is 32.2. The quantitative estimate of drug-likeness (QED) is 0.927. The lowest BCUT2D eigenvalue weighted by atomic mass is 9.84. The number of rotatable bonds is 2. The van der Waals surface area contributed by atoms with Gasteiger partial charge in [0.2, 0.25) is 0 Å². The Labute approximate surface area is 125 Å². The van der Waals surface area contributed by atoms with Crippen molar-refractivity contribution in [2.45, 2.75) is 30.3 Å². The number of benzene rings is 2. The molecule has 0 saturated carbocycles. The van der Waals surface area contributed by atoms with Crippen molar-refractivity contribution in [3.63, 3.8) is 0 Å². The summed E-state index contributed by atoms with van der Waals surface area (Å²) in [7, 11) is -3.27. The highest BCUT2D eigenvalue weighted by Gasteiger charge is 2.40. The van der Waals surface area contributed by atoms with Gasteiger partial charge in [0.05, 0.1) is 16.2 Å². The molecule has 1 N–H and O–H groups in total. The van der Waals surface area contributed by atoms with E-state index in [9.17, 15) is 13.5 Å². The topological polar surface area (TPSA) is 54.4 Å². The Morgan fingerprint density at radius 3 is 2.48 bits per heavy atom. The van der Waals surface area contributed by atoms with Crippen LogP contribution in [-0.2, 0) is 21.9 Å². The normalized spacial score (nSPS) is 23.5. The maximum Gasteiger partial charge on any atom is 0.178 e. The van der Waals surface area contributed by atoms with E-state index >= 15 is 0 Å². The van der Waals surface area contributed by atoms with Gasteiger partial charge >= 0.3 is 0 Å². The fourth-order valence-corrected chi connectivity index (χ4v) is 4.60. The second-order valence-corrected chi connectivity index (χ2v) is 7.84. The minimum atomic E-state index is -3.27. The molecule has 1 aliphatic heterocycles. The summed E-state index contributed by atoms with van der Waals surface area (Å²) in [4.78, 5) is 0.269. The van der Waals surface area contributed by atoms with Crippen LogP contribution < -0.4 is 0 Å². The average Bonchev–Trinajstić information content (AvgIpc) is 2.47. The van der Waals surface area contributed by atoms with Crippen molar-refractivity contribution >= 4 is 9.84 Å². The first-order valence-corrected chi connectivity index (χ1v) is 8.66. The third kappa shape index (κ3) is 2.61. The molecule has 110 valence electrons. The molecule has 3 rings (SSSR count). The van der Waals surface area contributed by atoms with Crippen molar-refractivity contribution in [3.8, 4) is 0 Å². The van der Waals surface area contributed by atoms with E-state index in [0.717, 1.165) is 11.1 Å². The average molecular weight is 302 g/mol. The van der Waals surface area contributed by atoms with Crippen LogP contribution in [0.3, 0.4) is 0 Å². The summed E-state index contributed by atoms with van der Waals surface area (Å²) in [5.41, 5.74) is 1.59. The summed E-state index contributed by atoms with van der Waals surface area (Å²) in [6.07, 6.45) is 0.667. The van der Waals surface area contributed by atoms with E-state index < -0.39 is 15.4 Å². The number of hydrogen-bond acceptors (Lipinski definition) is 3. The van der Waals surface area contributed by atoms with Crippen molar-refractivity contribution < 1.29 is 13.5 Å². The van der Waals surface area contributed by atoms with Gasteiger partial charge in [-0.25, -0.2) is 8.42 Å². The number of sulfone groups is 1. The van der Waals surface area contributed by atoms with E-state index in [-0.39, 0.29) is 17.1 Å². The molecule has 2 aromatic rings. The number of aliphatic hydroxyl groups is 1. The van der Waals surface area contributed by atoms with Gasteiger partial charge in [-0.15, -0.1) is 0 Å². The van der Waals surface area contributed by atoms with Gasteiger partial charge in [-0.3, -0.25) is 0 Å². The smallest absolute Gasteiger partial charge is 0.178 e. The monoisotopic (exact) mass is 302 g/mol. The summed E-state index contributed by atoms with van der Waals surface area (Å²) < 4.78 is 24.3. The molecule has 4 heteroatoms. The number of hydrogen-bond donors (Lipinski definition) is 1. The van der Waals surface area contributed by atoms with Crippen LogP contribution >= 0.6 is 0 Å². The van der Waals surface area contributed by atoms with Gasteiger partial charge in [0, 0.05) is 12.0 Å². The minimum Gasteiger partial charge on any atom is -0.385 e. The van der Waals surface area contributed by atoms with Crippen LogP contribution in [0.1, 0.15) is 23.1 Å². The van der Waals surface area contributed by atoms with Gasteiger partial charge in [0.1, 0.15) is 0 Å². The van der Waals surface area contributed by atoms with Gasteiger partial charge in [-0.05, 0) is 25.0 Å². The Balaban J connectivity index is 2.04. The van der Waals surface area contributed by atoms with Gasteiger partial charge in [0.25, 0.3) is 0 Å². The maximum absolute atomic E-state index is 12.1. The van der Waals surface area contributed by atoms with Crippen LogP contribution in [0.4, 0.5) is 0 Å². The van der Waals surface area contributed by atoms with Gasteiger partial charge in [-0.1, -0.05) is 48.0 Å². The summed E-state index contributed by atoms with van der Waals surface area (Å²) in [5.74, 6) is -0.00756. The molecule has 1 heterocycles. The van der Waals surface area contributed by atoms with E-state index in [0.29, 0.717) is 12.0 Å². The molecule has 0 saturated heterocycles.